The summed E-state index contributed by atoms with van der Waals surface area (Å²) in [6.07, 6.45) is 8.46. The zero-order valence-electron chi connectivity index (χ0n) is 12.6. The number of amides is 2. The molecule has 0 saturated heterocycles. The molecule has 120 valence electrons. The van der Waals surface area contributed by atoms with Gasteiger partial charge in [0.2, 0.25) is 0 Å². The van der Waals surface area contributed by atoms with Gasteiger partial charge in [-0.3, -0.25) is 0 Å². The Hall–Kier alpha value is -1.30. The Kier molecular flexibility index (Phi) is 6.29. The van der Waals surface area contributed by atoms with E-state index >= 15 is 0 Å². The maximum absolute atomic E-state index is 11.8. The molecular formula is C15H27N3O3. The Balaban J connectivity index is 1.63. The number of hydrogen-bond donors (Lipinski definition) is 4. The molecule has 0 aromatic heterocycles. The van der Waals surface area contributed by atoms with Crippen LogP contribution in [0, 0.1) is 5.92 Å². The van der Waals surface area contributed by atoms with Crippen LogP contribution < -0.4 is 16.0 Å². The molecule has 4 N–H and O–H groups in total. The summed E-state index contributed by atoms with van der Waals surface area (Å²) < 4.78 is 0. The molecule has 0 aromatic carbocycles. The van der Waals surface area contributed by atoms with Crippen molar-refractivity contribution in [1.82, 2.24) is 16.0 Å². The topological polar surface area (TPSA) is 90.5 Å². The number of carbonyl (C=O) groups excluding carboxylic acids is 1. The molecule has 2 aliphatic carbocycles. The number of hydrogen-bond acceptors (Lipinski definition) is 3. The SMILES string of the molecule is O=C(NCCCNC1CC1)NC(C(=O)O)C1CCCCC1. The normalized spacial score (nSPS) is 20.8. The predicted octanol–water partition coefficient (Wildman–Crippen LogP) is 1.46. The van der Waals surface area contributed by atoms with Crippen molar-refractivity contribution in [1.29, 1.82) is 0 Å². The highest BCUT2D eigenvalue weighted by atomic mass is 16.4. The van der Waals surface area contributed by atoms with Gasteiger partial charge in [0, 0.05) is 12.6 Å². The number of carbonyl (C=O) groups is 2. The van der Waals surface area contributed by atoms with Crippen LogP contribution in [-0.4, -0.2) is 42.3 Å². The van der Waals surface area contributed by atoms with Gasteiger partial charge in [0.05, 0.1) is 0 Å². The van der Waals surface area contributed by atoms with Crippen LogP contribution in [0.5, 0.6) is 0 Å². The highest BCUT2D eigenvalue weighted by Gasteiger charge is 2.30. The summed E-state index contributed by atoms with van der Waals surface area (Å²) in [5, 5.41) is 18.1. The second-order valence-corrected chi connectivity index (χ2v) is 6.20. The highest BCUT2D eigenvalue weighted by Crippen LogP contribution is 2.26. The number of carboxylic acid groups (broad SMARTS) is 1. The Morgan fingerprint density at radius 3 is 2.38 bits per heavy atom. The first-order valence-corrected chi connectivity index (χ1v) is 8.17. The van der Waals surface area contributed by atoms with Crippen LogP contribution in [0.4, 0.5) is 4.79 Å². The van der Waals surface area contributed by atoms with Gasteiger partial charge in [0.25, 0.3) is 0 Å². The van der Waals surface area contributed by atoms with Crippen molar-refractivity contribution in [3.8, 4) is 0 Å². The molecule has 2 saturated carbocycles. The molecule has 2 fully saturated rings. The van der Waals surface area contributed by atoms with E-state index in [1.165, 1.54) is 19.3 Å². The molecule has 2 rings (SSSR count). The van der Waals surface area contributed by atoms with Crippen LogP contribution >= 0.6 is 0 Å². The van der Waals surface area contributed by atoms with Gasteiger partial charge in [-0.25, -0.2) is 9.59 Å². The van der Waals surface area contributed by atoms with Crippen molar-refractivity contribution >= 4 is 12.0 Å². The Bertz CT molecular complexity index is 352. The second-order valence-electron chi connectivity index (χ2n) is 6.20. The van der Waals surface area contributed by atoms with E-state index in [9.17, 15) is 14.7 Å². The molecule has 6 heteroatoms. The van der Waals surface area contributed by atoms with Crippen LogP contribution in [0.1, 0.15) is 51.4 Å². The molecule has 0 bridgehead atoms. The molecule has 1 atom stereocenters. The van der Waals surface area contributed by atoms with E-state index < -0.39 is 12.0 Å². The fourth-order valence-electron chi connectivity index (χ4n) is 2.92. The lowest BCUT2D eigenvalue weighted by atomic mass is 9.84. The summed E-state index contributed by atoms with van der Waals surface area (Å²) in [5.41, 5.74) is 0. The van der Waals surface area contributed by atoms with Gasteiger partial charge in [0.15, 0.2) is 0 Å². The zero-order chi connectivity index (χ0) is 15.1. The molecule has 21 heavy (non-hydrogen) atoms. The summed E-state index contributed by atoms with van der Waals surface area (Å²) in [6.45, 7) is 1.47. The third-order valence-corrected chi connectivity index (χ3v) is 4.32. The molecule has 2 amide bonds. The molecule has 0 heterocycles. The summed E-state index contributed by atoms with van der Waals surface area (Å²) in [7, 11) is 0. The average Bonchev–Trinajstić information content (AvgIpc) is 3.29. The molecule has 0 spiro atoms. The van der Waals surface area contributed by atoms with E-state index in [0.29, 0.717) is 12.6 Å². The van der Waals surface area contributed by atoms with Crippen LogP contribution in [0.2, 0.25) is 0 Å². The Labute approximate surface area is 126 Å². The van der Waals surface area contributed by atoms with Crippen LogP contribution in [0.3, 0.4) is 0 Å². The van der Waals surface area contributed by atoms with Crippen molar-refractivity contribution in [2.45, 2.75) is 63.5 Å². The quantitative estimate of drug-likeness (QED) is 0.511. The average molecular weight is 297 g/mol. The van der Waals surface area contributed by atoms with Crippen molar-refractivity contribution in [3.63, 3.8) is 0 Å². The van der Waals surface area contributed by atoms with Gasteiger partial charge in [-0.1, -0.05) is 19.3 Å². The van der Waals surface area contributed by atoms with Crippen molar-refractivity contribution in [2.24, 2.45) is 5.92 Å². The van der Waals surface area contributed by atoms with Gasteiger partial charge in [0.1, 0.15) is 6.04 Å². The van der Waals surface area contributed by atoms with E-state index in [4.69, 9.17) is 0 Å². The lowest BCUT2D eigenvalue weighted by molar-refractivity contribution is -0.141. The first kappa shape index (κ1) is 16.1. The number of urea groups is 1. The van der Waals surface area contributed by atoms with Gasteiger partial charge in [-0.15, -0.1) is 0 Å². The minimum absolute atomic E-state index is 0.0681. The minimum atomic E-state index is -0.924. The monoisotopic (exact) mass is 297 g/mol. The molecule has 0 aromatic rings. The van der Waals surface area contributed by atoms with Gasteiger partial charge < -0.3 is 21.1 Å². The molecule has 0 aliphatic heterocycles. The van der Waals surface area contributed by atoms with Crippen molar-refractivity contribution in [3.05, 3.63) is 0 Å². The predicted molar refractivity (Wildman–Crippen MR) is 80.2 cm³/mol. The number of aliphatic carboxylic acids is 1. The summed E-state index contributed by atoms with van der Waals surface area (Å²) in [6, 6.07) is -0.434. The van der Waals surface area contributed by atoms with Gasteiger partial charge in [-0.2, -0.15) is 0 Å². The standard InChI is InChI=1S/C15H27N3O3/c19-14(20)13(11-5-2-1-3-6-11)18-15(21)17-10-4-9-16-12-7-8-12/h11-13,16H,1-10H2,(H,19,20)(H2,17,18,21). The lowest BCUT2D eigenvalue weighted by Gasteiger charge is -2.28. The van der Waals surface area contributed by atoms with E-state index in [0.717, 1.165) is 38.6 Å². The molecule has 6 nitrogen and oxygen atoms in total. The van der Waals surface area contributed by atoms with Crippen LogP contribution in [0.25, 0.3) is 0 Å². The van der Waals surface area contributed by atoms with E-state index in [1.807, 2.05) is 0 Å². The maximum atomic E-state index is 11.8. The number of rotatable bonds is 8. The summed E-state index contributed by atoms with van der Waals surface area (Å²) in [5.74, 6) is -0.856. The smallest absolute Gasteiger partial charge is 0.326 e. The van der Waals surface area contributed by atoms with Gasteiger partial charge >= 0.3 is 12.0 Å². The first-order chi connectivity index (χ1) is 10.2. The van der Waals surface area contributed by atoms with Crippen molar-refractivity contribution in [2.75, 3.05) is 13.1 Å². The third kappa shape index (κ3) is 5.91. The minimum Gasteiger partial charge on any atom is -0.480 e. The molecule has 2 aliphatic rings. The fraction of sp³-hybridized carbons (Fsp3) is 0.867. The lowest BCUT2D eigenvalue weighted by Crippen LogP contribution is -2.50. The highest BCUT2D eigenvalue weighted by molar-refractivity contribution is 5.82. The van der Waals surface area contributed by atoms with Gasteiger partial charge in [-0.05, 0) is 44.6 Å². The van der Waals surface area contributed by atoms with E-state index in [1.54, 1.807) is 0 Å². The Morgan fingerprint density at radius 2 is 1.76 bits per heavy atom. The first-order valence-electron chi connectivity index (χ1n) is 8.17. The molecule has 0 radical (unpaired) electrons. The Morgan fingerprint density at radius 1 is 1.05 bits per heavy atom. The number of nitrogens with one attached hydrogen (secondary N) is 3. The molecular weight excluding hydrogens is 270 g/mol. The fourth-order valence-corrected chi connectivity index (χ4v) is 2.92. The third-order valence-electron chi connectivity index (χ3n) is 4.32. The number of carboxylic acids is 1. The molecule has 1 unspecified atom stereocenters. The largest absolute Gasteiger partial charge is 0.480 e. The van der Waals surface area contributed by atoms with Crippen molar-refractivity contribution < 1.29 is 14.7 Å². The van der Waals surface area contributed by atoms with E-state index in [2.05, 4.69) is 16.0 Å². The van der Waals surface area contributed by atoms with Crippen LogP contribution in [0.15, 0.2) is 0 Å². The summed E-state index contributed by atoms with van der Waals surface area (Å²) >= 11 is 0. The second kappa shape index (κ2) is 8.22. The van der Waals surface area contributed by atoms with Crippen LogP contribution in [-0.2, 0) is 4.79 Å². The maximum Gasteiger partial charge on any atom is 0.326 e. The summed E-state index contributed by atoms with van der Waals surface area (Å²) in [4.78, 5) is 23.1. The van der Waals surface area contributed by atoms with E-state index in [-0.39, 0.29) is 11.9 Å². The zero-order valence-corrected chi connectivity index (χ0v) is 12.6.